The maximum absolute atomic E-state index is 13.9. The third-order valence-corrected chi connectivity index (χ3v) is 7.25. The van der Waals surface area contributed by atoms with Crippen LogP contribution in [0, 0.1) is 6.92 Å². The zero-order valence-corrected chi connectivity index (χ0v) is 21.4. The molecule has 1 aliphatic heterocycles. The number of thiophene rings is 1. The van der Waals surface area contributed by atoms with Gasteiger partial charge in [0.15, 0.2) is 11.3 Å². The lowest BCUT2D eigenvalue weighted by Gasteiger charge is -2.33. The van der Waals surface area contributed by atoms with Crippen molar-refractivity contribution in [2.24, 2.45) is 0 Å². The standard InChI is InChI=1S/C26H31N5O3S/c1-17-9-10-22-20(13-17)24(32)21(16-34-22)23(25-27-28-29-31(25)26(2,3)4)30(14-18-7-5-11-33-18)15-19-8-6-12-35-19/h6,8-10,12-13,16,18,23H,5,7,11,14-15H2,1-4H3. The normalized spacial score (nSPS) is 17.5. The minimum atomic E-state index is -0.503. The number of hydrogen-bond donors (Lipinski definition) is 0. The average Bonchev–Trinajstić information content (AvgIpc) is 3.58. The largest absolute Gasteiger partial charge is 0.464 e. The number of ether oxygens (including phenoxy) is 1. The van der Waals surface area contributed by atoms with Crippen LogP contribution >= 0.6 is 11.3 Å². The van der Waals surface area contributed by atoms with E-state index >= 15 is 0 Å². The first-order valence-corrected chi connectivity index (χ1v) is 12.9. The number of rotatable bonds is 7. The number of benzene rings is 1. The van der Waals surface area contributed by atoms with Crippen molar-refractivity contribution in [1.29, 1.82) is 0 Å². The molecule has 4 heterocycles. The van der Waals surface area contributed by atoms with Gasteiger partial charge >= 0.3 is 0 Å². The van der Waals surface area contributed by atoms with E-state index in [4.69, 9.17) is 9.15 Å². The van der Waals surface area contributed by atoms with Gasteiger partial charge in [-0.1, -0.05) is 17.7 Å². The summed E-state index contributed by atoms with van der Waals surface area (Å²) in [6.45, 7) is 10.2. The highest BCUT2D eigenvalue weighted by atomic mass is 32.1. The molecule has 1 fully saturated rings. The van der Waals surface area contributed by atoms with Gasteiger partial charge < -0.3 is 9.15 Å². The molecule has 4 aromatic rings. The van der Waals surface area contributed by atoms with Crippen molar-refractivity contribution in [1.82, 2.24) is 25.1 Å². The number of nitrogens with zero attached hydrogens (tertiary/aromatic N) is 5. The van der Waals surface area contributed by atoms with Gasteiger partial charge in [-0.3, -0.25) is 9.69 Å². The first-order chi connectivity index (χ1) is 16.8. The van der Waals surface area contributed by atoms with Gasteiger partial charge in [0.1, 0.15) is 17.9 Å². The van der Waals surface area contributed by atoms with Crippen LogP contribution in [-0.2, 0) is 16.8 Å². The molecule has 1 saturated heterocycles. The van der Waals surface area contributed by atoms with E-state index in [1.54, 1.807) is 17.6 Å². The topological polar surface area (TPSA) is 86.3 Å². The van der Waals surface area contributed by atoms with Gasteiger partial charge in [0.2, 0.25) is 0 Å². The second-order valence-corrected chi connectivity index (χ2v) is 11.2. The summed E-state index contributed by atoms with van der Waals surface area (Å²) in [5.74, 6) is 0.617. The lowest BCUT2D eigenvalue weighted by molar-refractivity contribution is 0.0566. The summed E-state index contributed by atoms with van der Waals surface area (Å²) in [6, 6.07) is 9.34. The van der Waals surface area contributed by atoms with Gasteiger partial charge in [0.25, 0.3) is 0 Å². The Kier molecular flexibility index (Phi) is 6.57. The molecule has 0 amide bonds. The summed E-state index contributed by atoms with van der Waals surface area (Å²) in [4.78, 5) is 17.4. The van der Waals surface area contributed by atoms with E-state index in [0.29, 0.717) is 35.4 Å². The van der Waals surface area contributed by atoms with Crippen LogP contribution in [0.3, 0.4) is 0 Å². The molecule has 9 heteroatoms. The average molecular weight is 494 g/mol. The molecule has 35 heavy (non-hydrogen) atoms. The van der Waals surface area contributed by atoms with Crippen LogP contribution in [0.15, 0.2) is 51.2 Å². The Morgan fingerprint density at radius 3 is 2.86 bits per heavy atom. The molecule has 3 aromatic heterocycles. The number of tetrazole rings is 1. The van der Waals surface area contributed by atoms with Crippen molar-refractivity contribution in [3.63, 3.8) is 0 Å². The molecule has 5 rings (SSSR count). The van der Waals surface area contributed by atoms with E-state index in [0.717, 1.165) is 25.0 Å². The predicted molar refractivity (Wildman–Crippen MR) is 136 cm³/mol. The maximum atomic E-state index is 13.9. The van der Waals surface area contributed by atoms with Gasteiger partial charge in [-0.15, -0.1) is 16.4 Å². The van der Waals surface area contributed by atoms with Crippen LogP contribution in [-0.4, -0.2) is 44.4 Å². The summed E-state index contributed by atoms with van der Waals surface area (Å²) in [6.07, 6.45) is 3.71. The quantitative estimate of drug-likeness (QED) is 0.370. The number of aromatic nitrogens is 4. The molecule has 2 unspecified atom stereocenters. The molecular formula is C26H31N5O3S. The molecule has 0 radical (unpaired) electrons. The van der Waals surface area contributed by atoms with E-state index < -0.39 is 6.04 Å². The number of aryl methyl sites for hydroxylation is 1. The van der Waals surface area contributed by atoms with Crippen LogP contribution in [0.2, 0.25) is 0 Å². The first kappa shape index (κ1) is 23.8. The van der Waals surface area contributed by atoms with Gasteiger partial charge in [-0.2, -0.15) is 0 Å². The SMILES string of the molecule is Cc1ccc2occ(C(c3nnnn3C(C)(C)C)N(Cc3cccs3)CC3CCCO3)c(=O)c2c1. The van der Waals surface area contributed by atoms with Crippen molar-refractivity contribution >= 4 is 22.3 Å². The molecule has 184 valence electrons. The lowest BCUT2D eigenvalue weighted by Crippen LogP contribution is -2.40. The molecule has 0 aliphatic carbocycles. The van der Waals surface area contributed by atoms with Crippen molar-refractivity contribution in [2.45, 2.75) is 64.8 Å². The van der Waals surface area contributed by atoms with Crippen molar-refractivity contribution < 1.29 is 9.15 Å². The summed E-state index contributed by atoms with van der Waals surface area (Å²) >= 11 is 1.69. The van der Waals surface area contributed by atoms with Gasteiger partial charge in [0, 0.05) is 24.6 Å². The molecule has 0 saturated carbocycles. The smallest absolute Gasteiger partial charge is 0.197 e. The highest BCUT2D eigenvalue weighted by Crippen LogP contribution is 2.32. The molecule has 1 aromatic carbocycles. The monoisotopic (exact) mass is 493 g/mol. The van der Waals surface area contributed by atoms with E-state index in [2.05, 4.69) is 52.6 Å². The minimum Gasteiger partial charge on any atom is -0.464 e. The Morgan fingerprint density at radius 2 is 2.14 bits per heavy atom. The van der Waals surface area contributed by atoms with Crippen LogP contribution in [0.4, 0.5) is 0 Å². The van der Waals surface area contributed by atoms with Crippen LogP contribution in [0.25, 0.3) is 11.0 Å². The molecule has 1 aliphatic rings. The fraction of sp³-hybridized carbons (Fsp3) is 0.462. The Bertz CT molecular complexity index is 1350. The van der Waals surface area contributed by atoms with E-state index in [1.165, 1.54) is 4.88 Å². The Labute approximate surface area is 208 Å². The van der Waals surface area contributed by atoms with Gasteiger partial charge in [-0.05, 0) is 74.5 Å². The highest BCUT2D eigenvalue weighted by Gasteiger charge is 2.35. The summed E-state index contributed by atoms with van der Waals surface area (Å²) in [7, 11) is 0. The van der Waals surface area contributed by atoms with Crippen molar-refractivity contribution in [2.75, 3.05) is 13.2 Å². The Balaban J connectivity index is 1.70. The van der Waals surface area contributed by atoms with Gasteiger partial charge in [0.05, 0.1) is 22.6 Å². The second kappa shape index (κ2) is 9.64. The molecule has 0 bridgehead atoms. The van der Waals surface area contributed by atoms with E-state index in [-0.39, 0.29) is 17.1 Å². The number of fused-ring (bicyclic) bond motifs is 1. The molecule has 0 N–H and O–H groups in total. The highest BCUT2D eigenvalue weighted by molar-refractivity contribution is 7.09. The second-order valence-electron chi connectivity index (χ2n) is 10.2. The molecule has 2 atom stereocenters. The van der Waals surface area contributed by atoms with Crippen molar-refractivity contribution in [3.8, 4) is 0 Å². The minimum absolute atomic E-state index is 0.0630. The zero-order valence-electron chi connectivity index (χ0n) is 20.6. The third kappa shape index (κ3) is 4.94. The summed E-state index contributed by atoms with van der Waals surface area (Å²) in [5, 5.41) is 15.4. The maximum Gasteiger partial charge on any atom is 0.197 e. The van der Waals surface area contributed by atoms with Crippen LogP contribution in [0.1, 0.15) is 61.5 Å². The number of hydrogen-bond acceptors (Lipinski definition) is 8. The zero-order chi connectivity index (χ0) is 24.6. The fourth-order valence-corrected chi connectivity index (χ4v) is 5.43. The first-order valence-electron chi connectivity index (χ1n) is 12.0. The van der Waals surface area contributed by atoms with Gasteiger partial charge in [-0.25, -0.2) is 4.68 Å². The molecule has 8 nitrogen and oxygen atoms in total. The predicted octanol–water partition coefficient (Wildman–Crippen LogP) is 4.68. The Morgan fingerprint density at radius 1 is 1.29 bits per heavy atom. The molecular weight excluding hydrogens is 462 g/mol. The summed E-state index contributed by atoms with van der Waals surface area (Å²) in [5.41, 5.74) is 1.67. The Hall–Kier alpha value is -2.88. The van der Waals surface area contributed by atoms with E-state index in [1.807, 2.05) is 35.9 Å². The van der Waals surface area contributed by atoms with Crippen molar-refractivity contribution in [3.05, 3.63) is 74.0 Å². The fourth-order valence-electron chi connectivity index (χ4n) is 4.70. The van der Waals surface area contributed by atoms with Crippen LogP contribution < -0.4 is 5.43 Å². The van der Waals surface area contributed by atoms with Crippen LogP contribution in [0.5, 0.6) is 0 Å². The molecule has 0 spiro atoms. The van der Waals surface area contributed by atoms with E-state index in [9.17, 15) is 4.79 Å². The lowest BCUT2D eigenvalue weighted by atomic mass is 10.0. The third-order valence-electron chi connectivity index (χ3n) is 6.39. The summed E-state index contributed by atoms with van der Waals surface area (Å²) < 4.78 is 13.8.